The quantitative estimate of drug-likeness (QED) is 0.308. The number of thiophene rings is 1. The summed E-state index contributed by atoms with van der Waals surface area (Å²) in [6.07, 6.45) is 4.94. The number of amides is 1. The second-order valence-electron chi connectivity index (χ2n) is 8.69. The highest BCUT2D eigenvalue weighted by Gasteiger charge is 2.25. The first kappa shape index (κ1) is 23.5. The maximum absolute atomic E-state index is 11.9. The monoisotopic (exact) mass is 496 g/mol. The van der Waals surface area contributed by atoms with Gasteiger partial charge in [-0.3, -0.25) is 15.1 Å². The number of morpholine rings is 1. The number of fused-ring (bicyclic) bond motifs is 3. The Labute approximate surface area is 207 Å². The normalized spacial score (nSPS) is 16.4. The SMILES string of the molecule is COc1cc(N)c(C=[NH2+])cc1Nc1ncnc2sc3c(c12)CCN(CCCN1CCOCC1=O)C3. The van der Waals surface area contributed by atoms with Crippen LogP contribution in [-0.2, 0) is 22.5 Å². The molecule has 0 atom stereocenters. The van der Waals surface area contributed by atoms with Gasteiger partial charge in [0.2, 0.25) is 5.91 Å². The molecule has 0 saturated carbocycles. The number of rotatable bonds is 8. The number of hydrogen-bond donors (Lipinski definition) is 3. The molecule has 35 heavy (non-hydrogen) atoms. The zero-order valence-electron chi connectivity index (χ0n) is 19.7. The van der Waals surface area contributed by atoms with Gasteiger partial charge in [-0.1, -0.05) is 0 Å². The van der Waals surface area contributed by atoms with Crippen LogP contribution in [0.2, 0.25) is 0 Å². The van der Waals surface area contributed by atoms with Gasteiger partial charge in [-0.2, -0.15) is 0 Å². The van der Waals surface area contributed by atoms with Gasteiger partial charge in [0.15, 0.2) is 6.21 Å². The van der Waals surface area contributed by atoms with E-state index in [-0.39, 0.29) is 12.5 Å². The maximum Gasteiger partial charge on any atom is 0.248 e. The summed E-state index contributed by atoms with van der Waals surface area (Å²) in [5.74, 6) is 1.46. The number of methoxy groups -OCH3 is 1. The predicted octanol–water partition coefficient (Wildman–Crippen LogP) is 0.811. The van der Waals surface area contributed by atoms with Crippen LogP contribution in [0.4, 0.5) is 17.2 Å². The Kier molecular flexibility index (Phi) is 6.80. The molecule has 1 amide bonds. The Morgan fingerprint density at radius 1 is 1.31 bits per heavy atom. The Hall–Kier alpha value is -3.28. The first-order valence-electron chi connectivity index (χ1n) is 11.7. The van der Waals surface area contributed by atoms with E-state index in [2.05, 4.69) is 20.2 Å². The van der Waals surface area contributed by atoms with Gasteiger partial charge in [0.05, 0.1) is 30.4 Å². The molecule has 1 saturated heterocycles. The van der Waals surface area contributed by atoms with E-state index in [0.717, 1.165) is 66.3 Å². The minimum atomic E-state index is 0.0921. The van der Waals surface area contributed by atoms with E-state index in [1.54, 1.807) is 30.8 Å². The third-order valence-electron chi connectivity index (χ3n) is 6.54. The molecule has 1 fully saturated rings. The molecule has 184 valence electrons. The molecule has 4 heterocycles. The number of nitrogen functional groups attached to an aromatic ring is 1. The number of aromatic nitrogens is 2. The van der Waals surface area contributed by atoms with Gasteiger partial charge in [-0.05, 0) is 24.5 Å². The van der Waals surface area contributed by atoms with Crippen LogP contribution in [0.25, 0.3) is 10.2 Å². The molecule has 1 aromatic carbocycles. The number of carbonyl (C=O) groups is 1. The zero-order valence-corrected chi connectivity index (χ0v) is 20.6. The zero-order chi connectivity index (χ0) is 24.4. The molecule has 3 aromatic rings. The van der Waals surface area contributed by atoms with Gasteiger partial charge in [0.1, 0.15) is 29.3 Å². The van der Waals surface area contributed by atoms with Crippen LogP contribution in [0.3, 0.4) is 0 Å². The van der Waals surface area contributed by atoms with Crippen molar-refractivity contribution >= 4 is 50.9 Å². The van der Waals surface area contributed by atoms with Gasteiger partial charge in [0.25, 0.3) is 0 Å². The molecular formula is C24H30N7O3S+. The molecule has 5 rings (SSSR count). The first-order chi connectivity index (χ1) is 17.1. The van der Waals surface area contributed by atoms with Gasteiger partial charge in [-0.25, -0.2) is 9.97 Å². The number of benzene rings is 1. The predicted molar refractivity (Wildman–Crippen MR) is 136 cm³/mol. The van der Waals surface area contributed by atoms with Crippen LogP contribution in [-0.4, -0.2) is 78.4 Å². The number of ether oxygens (including phenoxy) is 2. The fourth-order valence-corrected chi connectivity index (χ4v) is 5.92. The molecular weight excluding hydrogens is 466 g/mol. The number of nitrogens with one attached hydrogen (secondary N) is 1. The molecule has 0 aliphatic carbocycles. The summed E-state index contributed by atoms with van der Waals surface area (Å²) in [5, 5.41) is 10.2. The minimum Gasteiger partial charge on any atom is -0.494 e. The van der Waals surface area contributed by atoms with E-state index in [0.29, 0.717) is 24.6 Å². The number of carbonyl (C=O) groups excluding carboxylic acids is 1. The minimum absolute atomic E-state index is 0.0921. The molecule has 0 bridgehead atoms. The lowest BCUT2D eigenvalue weighted by Crippen LogP contribution is -2.43. The van der Waals surface area contributed by atoms with Crippen molar-refractivity contribution in [3.8, 4) is 5.75 Å². The number of hydrogen-bond acceptors (Lipinski definition) is 9. The highest BCUT2D eigenvalue weighted by Crippen LogP contribution is 2.39. The van der Waals surface area contributed by atoms with Crippen molar-refractivity contribution in [3.05, 3.63) is 34.5 Å². The summed E-state index contributed by atoms with van der Waals surface area (Å²) in [4.78, 5) is 27.7. The molecule has 0 unspecified atom stereocenters. The van der Waals surface area contributed by atoms with Crippen LogP contribution >= 0.6 is 11.3 Å². The average Bonchev–Trinajstić information content (AvgIpc) is 3.24. The summed E-state index contributed by atoms with van der Waals surface area (Å²) in [6.45, 7) is 5.11. The molecule has 2 aliphatic heterocycles. The fraction of sp³-hybridized carbons (Fsp3) is 0.417. The Morgan fingerprint density at radius 3 is 3.00 bits per heavy atom. The number of anilines is 3. The topological polar surface area (TPSA) is 131 Å². The van der Waals surface area contributed by atoms with Crippen LogP contribution in [0.15, 0.2) is 18.5 Å². The third kappa shape index (κ3) is 4.79. The summed E-state index contributed by atoms with van der Waals surface area (Å²) >= 11 is 1.72. The van der Waals surface area contributed by atoms with E-state index in [9.17, 15) is 4.79 Å². The van der Waals surface area contributed by atoms with Crippen LogP contribution < -0.4 is 21.2 Å². The lowest BCUT2D eigenvalue weighted by molar-refractivity contribution is -0.142. The van der Waals surface area contributed by atoms with E-state index in [1.165, 1.54) is 16.7 Å². The molecule has 11 heteroatoms. The van der Waals surface area contributed by atoms with Crippen LogP contribution in [0.1, 0.15) is 22.4 Å². The lowest BCUT2D eigenvalue weighted by atomic mass is 10.0. The summed E-state index contributed by atoms with van der Waals surface area (Å²) < 4.78 is 10.7. The Bertz CT molecular complexity index is 1260. The summed E-state index contributed by atoms with van der Waals surface area (Å²) in [6, 6.07) is 3.62. The van der Waals surface area contributed by atoms with Gasteiger partial charge < -0.3 is 25.4 Å². The van der Waals surface area contributed by atoms with Crippen molar-refractivity contribution < 1.29 is 19.7 Å². The Morgan fingerprint density at radius 2 is 2.20 bits per heavy atom. The molecule has 2 aromatic heterocycles. The lowest BCUT2D eigenvalue weighted by Gasteiger charge is -2.30. The largest absolute Gasteiger partial charge is 0.494 e. The number of nitrogens with zero attached hydrogens (tertiary/aromatic N) is 4. The summed E-state index contributed by atoms with van der Waals surface area (Å²) in [5.41, 5.74) is 9.37. The van der Waals surface area contributed by atoms with Gasteiger partial charge >= 0.3 is 0 Å². The van der Waals surface area contributed by atoms with E-state index >= 15 is 0 Å². The molecule has 0 radical (unpaired) electrons. The molecule has 0 spiro atoms. The number of nitrogens with two attached hydrogens (primary N) is 2. The Balaban J connectivity index is 1.33. The molecule has 10 nitrogen and oxygen atoms in total. The van der Waals surface area contributed by atoms with Crippen LogP contribution in [0, 0.1) is 0 Å². The highest BCUT2D eigenvalue weighted by molar-refractivity contribution is 7.19. The smallest absolute Gasteiger partial charge is 0.248 e. The van der Waals surface area contributed by atoms with Crippen molar-refractivity contribution in [1.29, 1.82) is 0 Å². The standard InChI is InChI=1S/C24H29N7O3S/c1-33-19-10-17(26)15(11-25)9-18(19)29-23-22-16-3-6-30(12-20(16)35-24(22)28-14-27-23)4-2-5-31-7-8-34-13-21(31)32/h9-11,14,25H,2-8,12-13,26H2,1H3,(H,27,28,29)/p+1. The van der Waals surface area contributed by atoms with Crippen molar-refractivity contribution in [2.75, 3.05) is 57.6 Å². The van der Waals surface area contributed by atoms with E-state index < -0.39 is 0 Å². The third-order valence-corrected chi connectivity index (χ3v) is 7.66. The molecule has 2 aliphatic rings. The van der Waals surface area contributed by atoms with Crippen molar-refractivity contribution in [3.63, 3.8) is 0 Å². The van der Waals surface area contributed by atoms with Crippen molar-refractivity contribution in [1.82, 2.24) is 19.8 Å². The average molecular weight is 497 g/mol. The highest BCUT2D eigenvalue weighted by atomic mass is 32.1. The maximum atomic E-state index is 11.9. The second-order valence-corrected chi connectivity index (χ2v) is 9.78. The van der Waals surface area contributed by atoms with E-state index in [1.807, 2.05) is 11.0 Å². The van der Waals surface area contributed by atoms with Gasteiger partial charge in [0, 0.05) is 49.4 Å². The summed E-state index contributed by atoms with van der Waals surface area (Å²) in [7, 11) is 1.61. The van der Waals surface area contributed by atoms with Crippen molar-refractivity contribution in [2.45, 2.75) is 19.4 Å². The second kappa shape index (κ2) is 10.1. The van der Waals surface area contributed by atoms with E-state index in [4.69, 9.17) is 20.6 Å². The molecule has 5 N–H and O–H groups in total. The van der Waals surface area contributed by atoms with Gasteiger partial charge in [-0.15, -0.1) is 11.3 Å². The first-order valence-corrected chi connectivity index (χ1v) is 12.5. The fourth-order valence-electron chi connectivity index (χ4n) is 4.69. The van der Waals surface area contributed by atoms with Crippen molar-refractivity contribution in [2.24, 2.45) is 0 Å². The van der Waals surface area contributed by atoms with Crippen LogP contribution in [0.5, 0.6) is 5.75 Å².